The van der Waals surface area contributed by atoms with Gasteiger partial charge >= 0.3 is 18.9 Å². The summed E-state index contributed by atoms with van der Waals surface area (Å²) in [5, 5.41) is 0. The Balaban J connectivity index is -0.000000110. The Morgan fingerprint density at radius 2 is 1.15 bits per heavy atom. The van der Waals surface area contributed by atoms with Crippen molar-refractivity contribution in [3.8, 4) is 11.8 Å². The number of allylic oxidation sites excluding steroid dienone is 2. The predicted octanol–water partition coefficient (Wildman–Crippen LogP) is 5.70. The molecule has 2 aliphatic rings. The summed E-state index contributed by atoms with van der Waals surface area (Å²) in [6.45, 7) is 15.0. The normalized spacial score (nSPS) is 10.1. The van der Waals surface area contributed by atoms with E-state index in [2.05, 4.69) is 98.5 Å². The molecular weight excluding hydrogens is 558 g/mol. The fourth-order valence-electron chi connectivity index (χ4n) is 2.60. The number of hydrogen-bond acceptors (Lipinski definition) is 1. The molecule has 3 heteroatoms. The second-order valence-electron chi connectivity index (χ2n) is 6.75. The van der Waals surface area contributed by atoms with E-state index >= 15 is 0 Å². The number of rotatable bonds is 3. The van der Waals surface area contributed by atoms with E-state index in [4.69, 9.17) is 4.74 Å². The van der Waals surface area contributed by atoms with Crippen LogP contribution in [0.1, 0.15) is 72.6 Å². The summed E-state index contributed by atoms with van der Waals surface area (Å²) in [5.41, 5.74) is 5.69. The minimum absolute atomic E-state index is 0. The van der Waals surface area contributed by atoms with Crippen molar-refractivity contribution >= 4 is 12.2 Å². The van der Waals surface area contributed by atoms with Gasteiger partial charge in [-0.25, -0.2) is 0 Å². The zero-order chi connectivity index (χ0) is 23.2. The molecule has 2 aromatic rings. The summed E-state index contributed by atoms with van der Waals surface area (Å²) >= 11 is 0. The van der Waals surface area contributed by atoms with Gasteiger partial charge in [-0.3, -0.25) is 0 Å². The molecule has 187 valence electrons. The van der Waals surface area contributed by atoms with Crippen LogP contribution >= 0.6 is 0 Å². The Morgan fingerprint density at radius 3 is 1.39 bits per heavy atom. The zero-order valence-electron chi connectivity index (χ0n) is 21.5. The fraction of sp³-hybridized carbons (Fsp3) is 0.367. The molecule has 0 amide bonds. The third kappa shape index (κ3) is 19.3. The van der Waals surface area contributed by atoms with Crippen molar-refractivity contribution in [3.63, 3.8) is 0 Å². The third-order valence-corrected chi connectivity index (χ3v) is 4.39. The van der Waals surface area contributed by atoms with E-state index in [9.17, 15) is 0 Å². The number of fused-ring (bicyclic) bond motifs is 2. The molecule has 0 unspecified atom stereocenters. The largest absolute Gasteiger partial charge is 1.00 e. The molecule has 33 heavy (non-hydrogen) atoms. The first kappa shape index (κ1) is 36.8. The molecule has 0 heterocycles. The van der Waals surface area contributed by atoms with Crippen LogP contribution in [0, 0.1) is 55.6 Å². The summed E-state index contributed by atoms with van der Waals surface area (Å²) in [6.07, 6.45) is 13.3. The SMILES string of the molecule is C1=Cc2ccccc2C1.C1=Cc2ccccc2C1.CC#CC.CCOCC.[CH2-]CCC.[HH].[HH].[Li+].[Lu]. The van der Waals surface area contributed by atoms with Crippen LogP contribution in [-0.2, 0) is 17.6 Å². The second-order valence-corrected chi connectivity index (χ2v) is 6.75. The first-order valence-electron chi connectivity index (χ1n) is 11.4. The van der Waals surface area contributed by atoms with Crippen LogP contribution in [0.4, 0.5) is 0 Å². The van der Waals surface area contributed by atoms with Crippen molar-refractivity contribution in [1.82, 2.24) is 0 Å². The molecule has 1 nitrogen and oxygen atoms in total. The van der Waals surface area contributed by atoms with Gasteiger partial charge in [-0.15, -0.1) is 11.8 Å². The molecule has 0 aromatic heterocycles. The Labute approximate surface area is 248 Å². The van der Waals surface area contributed by atoms with Gasteiger partial charge in [0.05, 0.1) is 0 Å². The van der Waals surface area contributed by atoms with Gasteiger partial charge in [0.1, 0.15) is 0 Å². The van der Waals surface area contributed by atoms with Crippen molar-refractivity contribution in [2.75, 3.05) is 13.2 Å². The maximum atomic E-state index is 4.83. The minimum Gasteiger partial charge on any atom is -0.382 e. The second kappa shape index (κ2) is 27.5. The quantitative estimate of drug-likeness (QED) is 0.249. The fourth-order valence-corrected chi connectivity index (χ4v) is 2.60. The van der Waals surface area contributed by atoms with Gasteiger partial charge in [0.15, 0.2) is 0 Å². The van der Waals surface area contributed by atoms with Gasteiger partial charge in [0, 0.05) is 52.9 Å². The van der Waals surface area contributed by atoms with Gasteiger partial charge in [-0.1, -0.05) is 86.2 Å². The van der Waals surface area contributed by atoms with Crippen molar-refractivity contribution in [1.29, 1.82) is 0 Å². The molecule has 0 aliphatic heterocycles. The summed E-state index contributed by atoms with van der Waals surface area (Å²) in [5.74, 6) is 5.36. The van der Waals surface area contributed by atoms with Crippen LogP contribution in [0.3, 0.4) is 0 Å². The molecule has 0 atom stereocenters. The first-order valence-corrected chi connectivity index (χ1v) is 11.4. The number of benzene rings is 2. The van der Waals surface area contributed by atoms with E-state index < -0.39 is 0 Å². The monoisotopic (exact) mass is 603 g/mol. The maximum absolute atomic E-state index is 4.83. The third-order valence-electron chi connectivity index (χ3n) is 4.39. The van der Waals surface area contributed by atoms with Crippen LogP contribution in [0.5, 0.6) is 0 Å². The van der Waals surface area contributed by atoms with E-state index in [1.165, 1.54) is 28.7 Å². The number of ether oxygens (including phenoxy) is 1. The van der Waals surface area contributed by atoms with Gasteiger partial charge in [0.2, 0.25) is 0 Å². The van der Waals surface area contributed by atoms with Crippen LogP contribution in [0.25, 0.3) is 12.2 Å². The molecule has 2 aromatic carbocycles. The van der Waals surface area contributed by atoms with Crippen LogP contribution < -0.4 is 18.9 Å². The summed E-state index contributed by atoms with van der Waals surface area (Å²) < 4.78 is 4.83. The molecule has 4 rings (SSSR count). The van der Waals surface area contributed by atoms with E-state index in [1.807, 2.05) is 27.7 Å². The van der Waals surface area contributed by atoms with Gasteiger partial charge in [-0.2, -0.15) is 6.42 Å². The molecule has 0 saturated heterocycles. The van der Waals surface area contributed by atoms with Gasteiger partial charge < -0.3 is 11.7 Å². The van der Waals surface area contributed by atoms with Gasteiger partial charge in [0.25, 0.3) is 0 Å². The van der Waals surface area contributed by atoms with E-state index in [0.29, 0.717) is 0 Å². The standard InChI is InChI=1S/2C9H8.C4H10O.C4H9.C4H6.Li.Lu.2H2/c2*1-2-5-9-7-3-6-8(9)4-1;1-3-5-4-2;2*1-3-4-2;;;;/h2*1-6H,7H2;3-4H2,1-2H3;1,3-4H2,2H3;1-2H3;;;2*1H/q;;;-1;;+1;;;. The van der Waals surface area contributed by atoms with E-state index in [1.54, 1.807) is 0 Å². The molecule has 2 aliphatic carbocycles. The van der Waals surface area contributed by atoms with Gasteiger partial charge in [-0.05, 0) is 62.8 Å². The van der Waals surface area contributed by atoms with E-state index in [-0.39, 0.29) is 58.6 Å². The molecule has 0 bridgehead atoms. The number of unbranched alkanes of at least 4 members (excludes halogenated alkanes) is 1. The Bertz CT molecular complexity index is 761. The van der Waals surface area contributed by atoms with Crippen molar-refractivity contribution in [2.45, 2.75) is 60.3 Å². The van der Waals surface area contributed by atoms with Crippen molar-refractivity contribution < 1.29 is 63.3 Å². The topological polar surface area (TPSA) is 9.23 Å². The average Bonchev–Trinajstić information content (AvgIpc) is 3.50. The molecular formula is C30H45LiLuO. The van der Waals surface area contributed by atoms with Crippen LogP contribution in [-0.4, -0.2) is 13.2 Å². The summed E-state index contributed by atoms with van der Waals surface area (Å²) in [7, 11) is 0. The Hall–Kier alpha value is -0.729. The zero-order valence-corrected chi connectivity index (χ0v) is 23.2. The van der Waals surface area contributed by atoms with Crippen molar-refractivity contribution in [2.24, 2.45) is 0 Å². The molecule has 0 saturated carbocycles. The van der Waals surface area contributed by atoms with Crippen molar-refractivity contribution in [3.05, 3.63) is 89.9 Å². The molecule has 0 fully saturated rings. The summed E-state index contributed by atoms with van der Waals surface area (Å²) in [4.78, 5) is 0. The number of hydrogen-bond donors (Lipinski definition) is 0. The Kier molecular flexibility index (Phi) is 30.7. The minimum atomic E-state index is 0. The Morgan fingerprint density at radius 1 is 0.788 bits per heavy atom. The predicted molar refractivity (Wildman–Crippen MR) is 144 cm³/mol. The maximum Gasteiger partial charge on any atom is 1.00 e. The smallest absolute Gasteiger partial charge is 0.382 e. The average molecular weight is 604 g/mol. The van der Waals surface area contributed by atoms with Crippen LogP contribution in [0.2, 0.25) is 0 Å². The van der Waals surface area contributed by atoms with Crippen LogP contribution in [0.15, 0.2) is 60.7 Å². The first-order chi connectivity index (χ1) is 15.2. The molecule has 0 N–H and O–H groups in total. The summed E-state index contributed by atoms with van der Waals surface area (Å²) in [6, 6.07) is 17.0. The van der Waals surface area contributed by atoms with E-state index in [0.717, 1.165) is 32.5 Å². The molecule has 0 spiro atoms. The molecule has 1 radical (unpaired) electrons.